The molecule has 0 atom stereocenters. The third kappa shape index (κ3) is 5.51. The van der Waals surface area contributed by atoms with E-state index < -0.39 is 9.84 Å². The predicted octanol–water partition coefficient (Wildman–Crippen LogP) is 1.52. The van der Waals surface area contributed by atoms with Crippen molar-refractivity contribution in [2.24, 2.45) is 0 Å². The van der Waals surface area contributed by atoms with Crippen LogP contribution in [0.1, 0.15) is 19.4 Å². The SMILES string of the molecule is CC(C)N(CCS(C)(=O)=O)Cc1ccc(N)cc1. The van der Waals surface area contributed by atoms with Crippen molar-refractivity contribution in [3.8, 4) is 0 Å². The molecule has 0 saturated heterocycles. The molecule has 18 heavy (non-hydrogen) atoms. The second-order valence-corrected chi connectivity index (χ2v) is 7.20. The molecule has 5 heteroatoms. The lowest BCUT2D eigenvalue weighted by molar-refractivity contribution is 0.226. The van der Waals surface area contributed by atoms with Crippen molar-refractivity contribution in [1.29, 1.82) is 0 Å². The summed E-state index contributed by atoms with van der Waals surface area (Å²) in [4.78, 5) is 2.15. The number of hydrogen-bond donors (Lipinski definition) is 1. The molecule has 2 N–H and O–H groups in total. The fourth-order valence-corrected chi connectivity index (χ4v) is 2.23. The highest BCUT2D eigenvalue weighted by molar-refractivity contribution is 7.90. The lowest BCUT2D eigenvalue weighted by Crippen LogP contribution is -2.34. The smallest absolute Gasteiger partial charge is 0.148 e. The minimum Gasteiger partial charge on any atom is -0.399 e. The van der Waals surface area contributed by atoms with Gasteiger partial charge in [0.25, 0.3) is 0 Å². The molecule has 0 aliphatic carbocycles. The molecular weight excluding hydrogens is 248 g/mol. The zero-order chi connectivity index (χ0) is 13.8. The highest BCUT2D eigenvalue weighted by Gasteiger charge is 2.13. The third-order valence-electron chi connectivity index (χ3n) is 2.84. The second-order valence-electron chi connectivity index (χ2n) is 4.94. The van der Waals surface area contributed by atoms with Crippen LogP contribution in [0.4, 0.5) is 5.69 Å². The molecule has 1 aromatic carbocycles. The van der Waals surface area contributed by atoms with Crippen LogP contribution in [0, 0.1) is 0 Å². The van der Waals surface area contributed by atoms with Crippen molar-refractivity contribution in [2.75, 3.05) is 24.3 Å². The molecule has 4 nitrogen and oxygen atoms in total. The zero-order valence-corrected chi connectivity index (χ0v) is 12.1. The summed E-state index contributed by atoms with van der Waals surface area (Å²) in [5, 5.41) is 0. The van der Waals surface area contributed by atoms with E-state index in [9.17, 15) is 8.42 Å². The predicted molar refractivity (Wildman–Crippen MR) is 76.1 cm³/mol. The Bertz CT molecular complexity index is 466. The Labute approximate surface area is 110 Å². The highest BCUT2D eigenvalue weighted by atomic mass is 32.2. The van der Waals surface area contributed by atoms with E-state index in [4.69, 9.17) is 5.73 Å². The standard InChI is InChI=1S/C13H22N2O2S/c1-11(2)15(8-9-18(3,16)17)10-12-4-6-13(14)7-5-12/h4-7,11H,8-10,14H2,1-3H3. The van der Waals surface area contributed by atoms with Gasteiger partial charge in [-0.25, -0.2) is 8.42 Å². The minimum atomic E-state index is -2.91. The van der Waals surface area contributed by atoms with E-state index in [0.717, 1.165) is 17.8 Å². The van der Waals surface area contributed by atoms with Crippen molar-refractivity contribution in [3.05, 3.63) is 29.8 Å². The fraction of sp³-hybridized carbons (Fsp3) is 0.538. The lowest BCUT2D eigenvalue weighted by atomic mass is 10.2. The van der Waals surface area contributed by atoms with Gasteiger partial charge in [-0.1, -0.05) is 12.1 Å². The molecule has 0 saturated carbocycles. The molecule has 0 heterocycles. The molecule has 0 bridgehead atoms. The van der Waals surface area contributed by atoms with Gasteiger partial charge in [0.2, 0.25) is 0 Å². The highest BCUT2D eigenvalue weighted by Crippen LogP contribution is 2.11. The molecule has 102 valence electrons. The first-order chi connectivity index (χ1) is 8.28. The quantitative estimate of drug-likeness (QED) is 0.796. The van der Waals surface area contributed by atoms with Gasteiger partial charge in [-0.3, -0.25) is 4.90 Å². The summed E-state index contributed by atoms with van der Waals surface area (Å²) in [7, 11) is -2.91. The van der Waals surface area contributed by atoms with E-state index in [2.05, 4.69) is 18.7 Å². The Morgan fingerprint density at radius 1 is 1.22 bits per heavy atom. The zero-order valence-electron chi connectivity index (χ0n) is 11.3. The topological polar surface area (TPSA) is 63.4 Å². The van der Waals surface area contributed by atoms with Crippen molar-refractivity contribution >= 4 is 15.5 Å². The summed E-state index contributed by atoms with van der Waals surface area (Å²) in [5.41, 5.74) is 7.53. The first-order valence-electron chi connectivity index (χ1n) is 6.04. The fourth-order valence-electron chi connectivity index (χ4n) is 1.66. The Kier molecular flexibility index (Phi) is 5.16. The number of benzene rings is 1. The van der Waals surface area contributed by atoms with Gasteiger partial charge < -0.3 is 5.73 Å². The number of nitrogen functional groups attached to an aromatic ring is 1. The molecule has 0 unspecified atom stereocenters. The van der Waals surface area contributed by atoms with Crippen LogP contribution in [0.3, 0.4) is 0 Å². The summed E-state index contributed by atoms with van der Waals surface area (Å²) >= 11 is 0. The minimum absolute atomic E-state index is 0.195. The van der Waals surface area contributed by atoms with E-state index in [1.807, 2.05) is 24.3 Å². The Morgan fingerprint density at radius 2 is 1.78 bits per heavy atom. The van der Waals surface area contributed by atoms with Gasteiger partial charge in [-0.05, 0) is 31.5 Å². The molecule has 1 rings (SSSR count). The molecule has 0 fully saturated rings. The van der Waals surface area contributed by atoms with E-state index in [-0.39, 0.29) is 5.75 Å². The van der Waals surface area contributed by atoms with Crippen LogP contribution < -0.4 is 5.73 Å². The summed E-state index contributed by atoms with van der Waals surface area (Å²) in [6.45, 7) is 5.44. The molecule has 0 aliphatic rings. The van der Waals surface area contributed by atoms with Gasteiger partial charge in [0.1, 0.15) is 9.84 Å². The molecule has 0 aliphatic heterocycles. The van der Waals surface area contributed by atoms with Crippen LogP contribution in [-0.2, 0) is 16.4 Å². The number of hydrogen-bond acceptors (Lipinski definition) is 4. The summed E-state index contributed by atoms with van der Waals surface area (Å²) in [6, 6.07) is 8.00. The van der Waals surface area contributed by atoms with Crippen LogP contribution in [0.5, 0.6) is 0 Å². The Hall–Kier alpha value is -1.07. The molecule has 0 spiro atoms. The Balaban J connectivity index is 2.66. The van der Waals surface area contributed by atoms with E-state index in [0.29, 0.717) is 12.6 Å². The van der Waals surface area contributed by atoms with Gasteiger partial charge in [0, 0.05) is 31.1 Å². The van der Waals surface area contributed by atoms with E-state index in [1.54, 1.807) is 0 Å². The maximum atomic E-state index is 11.2. The molecule has 0 amide bonds. The first kappa shape index (κ1) is 15.0. The number of anilines is 1. The second kappa shape index (κ2) is 6.20. The summed E-state index contributed by atoms with van der Waals surface area (Å²) in [6.07, 6.45) is 1.27. The van der Waals surface area contributed by atoms with Crippen LogP contribution in [0.25, 0.3) is 0 Å². The third-order valence-corrected chi connectivity index (χ3v) is 3.77. The van der Waals surface area contributed by atoms with Crippen molar-refractivity contribution in [1.82, 2.24) is 4.90 Å². The normalized spacial score (nSPS) is 12.3. The van der Waals surface area contributed by atoms with Gasteiger partial charge in [-0.2, -0.15) is 0 Å². The monoisotopic (exact) mass is 270 g/mol. The number of nitrogens with zero attached hydrogens (tertiary/aromatic N) is 1. The van der Waals surface area contributed by atoms with Gasteiger partial charge >= 0.3 is 0 Å². The molecule has 0 radical (unpaired) electrons. The average molecular weight is 270 g/mol. The first-order valence-corrected chi connectivity index (χ1v) is 8.10. The largest absolute Gasteiger partial charge is 0.399 e. The van der Waals surface area contributed by atoms with Gasteiger partial charge in [0.15, 0.2) is 0 Å². The van der Waals surface area contributed by atoms with E-state index >= 15 is 0 Å². The van der Waals surface area contributed by atoms with Crippen molar-refractivity contribution in [2.45, 2.75) is 26.4 Å². The Morgan fingerprint density at radius 3 is 2.22 bits per heavy atom. The van der Waals surface area contributed by atoms with Crippen molar-refractivity contribution in [3.63, 3.8) is 0 Å². The lowest BCUT2D eigenvalue weighted by Gasteiger charge is -2.26. The van der Waals surface area contributed by atoms with E-state index in [1.165, 1.54) is 6.26 Å². The van der Waals surface area contributed by atoms with Crippen LogP contribution >= 0.6 is 0 Å². The maximum absolute atomic E-state index is 11.2. The van der Waals surface area contributed by atoms with Gasteiger partial charge in [0.05, 0.1) is 5.75 Å². The van der Waals surface area contributed by atoms with Crippen LogP contribution in [0.2, 0.25) is 0 Å². The molecule has 0 aromatic heterocycles. The number of rotatable bonds is 6. The summed E-state index contributed by atoms with van der Waals surface area (Å²) < 4.78 is 22.4. The maximum Gasteiger partial charge on any atom is 0.148 e. The van der Waals surface area contributed by atoms with Crippen LogP contribution in [0.15, 0.2) is 24.3 Å². The summed E-state index contributed by atoms with van der Waals surface area (Å²) in [5.74, 6) is 0.195. The number of nitrogens with two attached hydrogens (primary N) is 1. The van der Waals surface area contributed by atoms with Gasteiger partial charge in [-0.15, -0.1) is 0 Å². The average Bonchev–Trinajstić information content (AvgIpc) is 2.25. The molecule has 1 aromatic rings. The van der Waals surface area contributed by atoms with Crippen molar-refractivity contribution < 1.29 is 8.42 Å². The van der Waals surface area contributed by atoms with Crippen LogP contribution in [-0.4, -0.2) is 37.9 Å². The molecular formula is C13H22N2O2S. The number of sulfone groups is 1.